The van der Waals surface area contributed by atoms with Gasteiger partial charge in [-0.2, -0.15) is 0 Å². The Balaban J connectivity index is 1.94. The number of nitrogens with one attached hydrogen (secondary N) is 1. The standard InChI is InChI=1S/C14H25N5/c1-4-5-15-8-13-9-16-14(17-10-13)19-7-6-18(3)11-12(19)2/h9-10,12,15H,4-8,11H2,1-3H3. The average molecular weight is 263 g/mol. The molecule has 2 rings (SSSR count). The molecule has 19 heavy (non-hydrogen) atoms. The van der Waals surface area contributed by atoms with E-state index in [1.54, 1.807) is 0 Å². The second kappa shape index (κ2) is 6.82. The fourth-order valence-corrected chi connectivity index (χ4v) is 2.43. The molecule has 1 N–H and O–H groups in total. The van der Waals surface area contributed by atoms with E-state index in [0.29, 0.717) is 6.04 Å². The summed E-state index contributed by atoms with van der Waals surface area (Å²) in [7, 11) is 2.16. The van der Waals surface area contributed by atoms with Crippen molar-refractivity contribution in [2.45, 2.75) is 32.9 Å². The summed E-state index contributed by atoms with van der Waals surface area (Å²) in [5.41, 5.74) is 1.15. The summed E-state index contributed by atoms with van der Waals surface area (Å²) in [5.74, 6) is 0.861. The Morgan fingerprint density at radius 2 is 2.05 bits per heavy atom. The second-order valence-electron chi connectivity index (χ2n) is 5.37. The number of likely N-dealkylation sites (N-methyl/N-ethyl adjacent to an activating group) is 1. The average Bonchev–Trinajstić information content (AvgIpc) is 2.40. The van der Waals surface area contributed by atoms with Gasteiger partial charge < -0.3 is 15.1 Å². The van der Waals surface area contributed by atoms with E-state index >= 15 is 0 Å². The van der Waals surface area contributed by atoms with Crippen molar-refractivity contribution in [2.24, 2.45) is 0 Å². The molecule has 0 aromatic carbocycles. The van der Waals surface area contributed by atoms with E-state index in [0.717, 1.165) is 50.7 Å². The number of nitrogens with zero attached hydrogens (tertiary/aromatic N) is 4. The fourth-order valence-electron chi connectivity index (χ4n) is 2.43. The number of anilines is 1. The number of aromatic nitrogens is 2. The van der Waals surface area contributed by atoms with E-state index < -0.39 is 0 Å². The van der Waals surface area contributed by atoms with Gasteiger partial charge in [0, 0.05) is 50.2 Å². The topological polar surface area (TPSA) is 44.3 Å². The van der Waals surface area contributed by atoms with E-state index in [2.05, 4.69) is 46.0 Å². The Morgan fingerprint density at radius 1 is 1.32 bits per heavy atom. The molecule has 1 saturated heterocycles. The minimum absolute atomic E-state index is 0.475. The monoisotopic (exact) mass is 263 g/mol. The maximum atomic E-state index is 4.51. The lowest BCUT2D eigenvalue weighted by atomic mass is 10.2. The minimum Gasteiger partial charge on any atom is -0.336 e. The Morgan fingerprint density at radius 3 is 2.68 bits per heavy atom. The van der Waals surface area contributed by atoms with E-state index in [1.165, 1.54) is 0 Å². The smallest absolute Gasteiger partial charge is 0.225 e. The zero-order chi connectivity index (χ0) is 13.7. The third-order valence-electron chi connectivity index (χ3n) is 3.54. The van der Waals surface area contributed by atoms with Gasteiger partial charge in [-0.25, -0.2) is 9.97 Å². The summed E-state index contributed by atoms with van der Waals surface area (Å²) >= 11 is 0. The van der Waals surface area contributed by atoms with Crippen molar-refractivity contribution < 1.29 is 0 Å². The number of piperazine rings is 1. The van der Waals surface area contributed by atoms with Crippen LogP contribution in [-0.2, 0) is 6.54 Å². The number of hydrogen-bond donors (Lipinski definition) is 1. The van der Waals surface area contributed by atoms with E-state index in [4.69, 9.17) is 0 Å². The van der Waals surface area contributed by atoms with Crippen LogP contribution in [0.1, 0.15) is 25.8 Å². The van der Waals surface area contributed by atoms with Crippen LogP contribution in [0, 0.1) is 0 Å². The van der Waals surface area contributed by atoms with Crippen LogP contribution in [0.5, 0.6) is 0 Å². The van der Waals surface area contributed by atoms with Crippen LogP contribution < -0.4 is 10.2 Å². The van der Waals surface area contributed by atoms with Gasteiger partial charge >= 0.3 is 0 Å². The van der Waals surface area contributed by atoms with Crippen molar-refractivity contribution in [1.82, 2.24) is 20.2 Å². The van der Waals surface area contributed by atoms with Crippen LogP contribution in [0.25, 0.3) is 0 Å². The molecule has 1 aliphatic rings. The zero-order valence-electron chi connectivity index (χ0n) is 12.3. The van der Waals surface area contributed by atoms with Crippen molar-refractivity contribution >= 4 is 5.95 Å². The van der Waals surface area contributed by atoms with Crippen molar-refractivity contribution in [3.63, 3.8) is 0 Å². The Hall–Kier alpha value is -1.20. The molecule has 1 atom stereocenters. The van der Waals surface area contributed by atoms with Gasteiger partial charge in [0.1, 0.15) is 0 Å². The van der Waals surface area contributed by atoms with Crippen molar-refractivity contribution in [3.05, 3.63) is 18.0 Å². The predicted molar refractivity (Wildman–Crippen MR) is 78.3 cm³/mol. The van der Waals surface area contributed by atoms with Crippen molar-refractivity contribution in [3.8, 4) is 0 Å². The molecule has 106 valence electrons. The maximum Gasteiger partial charge on any atom is 0.225 e. The Labute approximate surface area is 116 Å². The molecule has 1 aromatic rings. The van der Waals surface area contributed by atoms with Crippen LogP contribution in [0.4, 0.5) is 5.95 Å². The lowest BCUT2D eigenvalue weighted by molar-refractivity contribution is 0.273. The molecular weight excluding hydrogens is 238 g/mol. The van der Waals surface area contributed by atoms with Crippen LogP contribution in [0.15, 0.2) is 12.4 Å². The normalized spacial score (nSPS) is 20.8. The molecular formula is C14H25N5. The number of hydrogen-bond acceptors (Lipinski definition) is 5. The molecule has 0 radical (unpaired) electrons. The molecule has 5 heteroatoms. The molecule has 0 aliphatic carbocycles. The van der Waals surface area contributed by atoms with Crippen LogP contribution >= 0.6 is 0 Å². The molecule has 0 spiro atoms. The first-order chi connectivity index (χ1) is 9.20. The molecule has 1 unspecified atom stereocenters. The lowest BCUT2D eigenvalue weighted by Crippen LogP contribution is -2.51. The number of rotatable bonds is 5. The molecule has 1 aromatic heterocycles. The minimum atomic E-state index is 0.475. The molecule has 0 bridgehead atoms. The lowest BCUT2D eigenvalue weighted by Gasteiger charge is -2.38. The van der Waals surface area contributed by atoms with Gasteiger partial charge in [0.2, 0.25) is 5.95 Å². The van der Waals surface area contributed by atoms with Gasteiger partial charge in [-0.05, 0) is 26.9 Å². The summed E-state index contributed by atoms with van der Waals surface area (Å²) < 4.78 is 0. The molecule has 2 heterocycles. The second-order valence-corrected chi connectivity index (χ2v) is 5.37. The Kier molecular flexibility index (Phi) is 5.10. The van der Waals surface area contributed by atoms with Gasteiger partial charge in [0.25, 0.3) is 0 Å². The van der Waals surface area contributed by atoms with Crippen molar-refractivity contribution in [2.75, 3.05) is 38.1 Å². The zero-order valence-corrected chi connectivity index (χ0v) is 12.3. The first-order valence-electron chi connectivity index (χ1n) is 7.17. The van der Waals surface area contributed by atoms with Gasteiger partial charge in [-0.15, -0.1) is 0 Å². The fraction of sp³-hybridized carbons (Fsp3) is 0.714. The molecule has 0 saturated carbocycles. The van der Waals surface area contributed by atoms with E-state index in [9.17, 15) is 0 Å². The van der Waals surface area contributed by atoms with Crippen LogP contribution in [0.2, 0.25) is 0 Å². The summed E-state index contributed by atoms with van der Waals surface area (Å²) in [5, 5.41) is 3.36. The molecule has 1 aliphatic heterocycles. The molecule has 0 amide bonds. The Bertz CT molecular complexity index is 378. The summed E-state index contributed by atoms with van der Waals surface area (Å²) in [6.07, 6.45) is 5.03. The summed E-state index contributed by atoms with van der Waals surface area (Å²) in [6, 6.07) is 0.475. The third-order valence-corrected chi connectivity index (χ3v) is 3.54. The van der Waals surface area contributed by atoms with Gasteiger partial charge in [-0.1, -0.05) is 6.92 Å². The molecule has 1 fully saturated rings. The summed E-state index contributed by atoms with van der Waals surface area (Å²) in [6.45, 7) is 9.45. The first-order valence-corrected chi connectivity index (χ1v) is 7.17. The first kappa shape index (κ1) is 14.2. The largest absolute Gasteiger partial charge is 0.336 e. The predicted octanol–water partition coefficient (Wildman–Crippen LogP) is 1.12. The van der Waals surface area contributed by atoms with Gasteiger partial charge in [0.15, 0.2) is 0 Å². The van der Waals surface area contributed by atoms with E-state index in [1.807, 2.05) is 12.4 Å². The highest BCUT2D eigenvalue weighted by Crippen LogP contribution is 2.15. The highest BCUT2D eigenvalue weighted by Gasteiger charge is 2.23. The molecule has 5 nitrogen and oxygen atoms in total. The van der Waals surface area contributed by atoms with Gasteiger partial charge in [0.05, 0.1) is 0 Å². The van der Waals surface area contributed by atoms with Gasteiger partial charge in [-0.3, -0.25) is 0 Å². The van der Waals surface area contributed by atoms with Crippen LogP contribution in [0.3, 0.4) is 0 Å². The highest BCUT2D eigenvalue weighted by molar-refractivity contribution is 5.32. The van der Waals surface area contributed by atoms with Crippen LogP contribution in [-0.4, -0.2) is 54.1 Å². The summed E-state index contributed by atoms with van der Waals surface area (Å²) in [4.78, 5) is 13.7. The van der Waals surface area contributed by atoms with Crippen molar-refractivity contribution in [1.29, 1.82) is 0 Å². The maximum absolute atomic E-state index is 4.51. The van der Waals surface area contributed by atoms with E-state index in [-0.39, 0.29) is 0 Å². The third kappa shape index (κ3) is 3.88. The quantitative estimate of drug-likeness (QED) is 0.807. The highest BCUT2D eigenvalue weighted by atomic mass is 15.3. The SMILES string of the molecule is CCCNCc1cnc(N2CCN(C)CC2C)nc1.